The number of halogens is 2. The van der Waals surface area contributed by atoms with Crippen LogP contribution in [-0.4, -0.2) is 90.0 Å². The van der Waals surface area contributed by atoms with Crippen molar-refractivity contribution in [3.63, 3.8) is 0 Å². The molecule has 0 bridgehead atoms. The molecule has 1 N–H and O–H groups in total. The van der Waals surface area contributed by atoms with E-state index in [-0.39, 0.29) is 55.8 Å². The molecule has 0 radical (unpaired) electrons. The second-order valence-corrected chi connectivity index (χ2v) is 11.8. The Labute approximate surface area is 229 Å². The zero-order valence-electron chi connectivity index (χ0n) is 23.9. The minimum absolute atomic E-state index is 0.0915. The van der Waals surface area contributed by atoms with E-state index in [1.807, 2.05) is 30.6 Å². The molecule has 1 aromatic heterocycles. The number of hydrogen-bond acceptors (Lipinski definition) is 8. The number of ether oxygens (including phenoxy) is 2. The lowest BCUT2D eigenvalue weighted by Gasteiger charge is -2.48. The van der Waals surface area contributed by atoms with Crippen molar-refractivity contribution in [2.75, 3.05) is 49.1 Å². The third-order valence-electron chi connectivity index (χ3n) is 7.58. The molecule has 0 saturated carbocycles. The molecule has 2 aliphatic heterocycles. The fourth-order valence-electron chi connectivity index (χ4n) is 5.13. The Morgan fingerprint density at radius 1 is 1.18 bits per heavy atom. The lowest BCUT2D eigenvalue weighted by molar-refractivity contribution is -0.139. The molecular weight excluding hydrogens is 510 g/mol. The summed E-state index contributed by atoms with van der Waals surface area (Å²) >= 11 is 0. The van der Waals surface area contributed by atoms with E-state index in [4.69, 9.17) is 14.5 Å². The molecule has 1 unspecified atom stereocenters. The van der Waals surface area contributed by atoms with Gasteiger partial charge < -0.3 is 29.5 Å². The van der Waals surface area contributed by atoms with Crippen molar-refractivity contribution in [1.82, 2.24) is 20.2 Å². The van der Waals surface area contributed by atoms with Gasteiger partial charge >= 0.3 is 6.09 Å². The van der Waals surface area contributed by atoms with Crippen LogP contribution >= 0.6 is 0 Å². The number of carbonyl (C=O) groups excluding carboxylic acids is 2. The SMILES string of the molecule is CCCN(CCNC(=O)OC(C)(C)C)C(=O)COC1CN(c2nc(N3CC[C@@H]3C)nc3c2CCC3(F)F)[C@H]1C. The first-order valence-corrected chi connectivity index (χ1v) is 14.0. The first-order valence-electron chi connectivity index (χ1n) is 14.0. The van der Waals surface area contributed by atoms with Crippen LogP contribution in [0.4, 0.5) is 25.3 Å². The summed E-state index contributed by atoms with van der Waals surface area (Å²) in [4.78, 5) is 39.4. The van der Waals surface area contributed by atoms with Crippen LogP contribution in [0.15, 0.2) is 0 Å². The van der Waals surface area contributed by atoms with Gasteiger partial charge in [-0.1, -0.05) is 6.92 Å². The van der Waals surface area contributed by atoms with Gasteiger partial charge in [0.1, 0.15) is 23.7 Å². The number of amides is 2. The second-order valence-electron chi connectivity index (χ2n) is 11.8. The van der Waals surface area contributed by atoms with Crippen LogP contribution in [0.2, 0.25) is 0 Å². The van der Waals surface area contributed by atoms with Crippen LogP contribution in [0.5, 0.6) is 0 Å². The normalized spacial score (nSPS) is 23.5. The van der Waals surface area contributed by atoms with E-state index in [1.54, 1.807) is 25.7 Å². The van der Waals surface area contributed by atoms with Crippen molar-refractivity contribution in [1.29, 1.82) is 0 Å². The highest BCUT2D eigenvalue weighted by atomic mass is 19.3. The molecule has 3 atom stereocenters. The Morgan fingerprint density at radius 3 is 2.51 bits per heavy atom. The van der Waals surface area contributed by atoms with Gasteiger partial charge in [-0.25, -0.2) is 9.78 Å². The summed E-state index contributed by atoms with van der Waals surface area (Å²) in [5, 5.41) is 2.68. The molecule has 39 heavy (non-hydrogen) atoms. The Hall–Kier alpha value is -2.76. The summed E-state index contributed by atoms with van der Waals surface area (Å²) in [7, 11) is 0. The Balaban J connectivity index is 1.33. The van der Waals surface area contributed by atoms with Gasteiger partial charge in [0.2, 0.25) is 11.9 Å². The summed E-state index contributed by atoms with van der Waals surface area (Å²) in [6.45, 7) is 13.7. The number of hydrogen-bond donors (Lipinski definition) is 1. The van der Waals surface area contributed by atoms with E-state index in [1.165, 1.54) is 0 Å². The highest BCUT2D eigenvalue weighted by Gasteiger charge is 2.47. The average molecular weight is 553 g/mol. The monoisotopic (exact) mass is 552 g/mol. The summed E-state index contributed by atoms with van der Waals surface area (Å²) in [6.07, 6.45) is 0.998. The third kappa shape index (κ3) is 6.53. The van der Waals surface area contributed by atoms with Gasteiger partial charge in [0.05, 0.1) is 12.1 Å². The predicted molar refractivity (Wildman–Crippen MR) is 143 cm³/mol. The van der Waals surface area contributed by atoms with E-state index in [9.17, 15) is 18.4 Å². The van der Waals surface area contributed by atoms with Crippen LogP contribution in [0.25, 0.3) is 0 Å². The predicted octanol–water partition coefficient (Wildman–Crippen LogP) is 3.47. The number of fused-ring (bicyclic) bond motifs is 1. The van der Waals surface area contributed by atoms with Gasteiger partial charge in [-0.3, -0.25) is 4.79 Å². The first-order chi connectivity index (χ1) is 18.3. The van der Waals surface area contributed by atoms with Crippen molar-refractivity contribution < 1.29 is 27.8 Å². The molecular formula is C27H42F2N6O4. The summed E-state index contributed by atoms with van der Waals surface area (Å²) in [5.74, 6) is -2.19. The van der Waals surface area contributed by atoms with Gasteiger partial charge in [-0.2, -0.15) is 13.8 Å². The maximum absolute atomic E-state index is 14.7. The third-order valence-corrected chi connectivity index (χ3v) is 7.58. The fraction of sp³-hybridized carbons (Fsp3) is 0.778. The smallest absolute Gasteiger partial charge is 0.407 e. The lowest BCUT2D eigenvalue weighted by atomic mass is 9.99. The van der Waals surface area contributed by atoms with Gasteiger partial charge in [-0.05, 0) is 53.9 Å². The molecule has 2 fully saturated rings. The molecule has 0 aromatic carbocycles. The lowest BCUT2D eigenvalue weighted by Crippen LogP contribution is -2.61. The number of nitrogens with zero attached hydrogens (tertiary/aromatic N) is 5. The molecule has 2 amide bonds. The van der Waals surface area contributed by atoms with Crippen molar-refractivity contribution >= 4 is 23.8 Å². The average Bonchev–Trinajstić information content (AvgIpc) is 3.14. The molecule has 2 saturated heterocycles. The standard InChI is InChI=1S/C27H42F2N6O4/c1-7-12-33(14-11-30-25(37)39-26(4,5)6)21(36)16-38-20-15-35(18(20)3)23-19-8-10-27(28,29)22(19)31-24(32-23)34-13-9-17(34)2/h17-18,20H,7-16H2,1-6H3,(H,30,37)/t17-,18-,20?/m0/s1. The molecule has 10 nitrogen and oxygen atoms in total. The van der Waals surface area contributed by atoms with Crippen molar-refractivity contribution in [3.05, 3.63) is 11.3 Å². The second kappa shape index (κ2) is 11.4. The first kappa shape index (κ1) is 29.2. The topological polar surface area (TPSA) is 100 Å². The summed E-state index contributed by atoms with van der Waals surface area (Å²) in [6, 6.07) is 0.105. The molecule has 218 valence electrons. The largest absolute Gasteiger partial charge is 0.444 e. The van der Waals surface area contributed by atoms with E-state index in [0.717, 1.165) is 19.4 Å². The van der Waals surface area contributed by atoms with Crippen LogP contribution < -0.4 is 15.1 Å². The van der Waals surface area contributed by atoms with Crippen LogP contribution in [-0.2, 0) is 26.6 Å². The van der Waals surface area contributed by atoms with Gasteiger partial charge in [0.25, 0.3) is 5.92 Å². The van der Waals surface area contributed by atoms with Crippen LogP contribution in [0, 0.1) is 0 Å². The Bertz CT molecular complexity index is 1070. The number of aromatic nitrogens is 2. The molecule has 12 heteroatoms. The Kier molecular flexibility index (Phi) is 8.53. The van der Waals surface area contributed by atoms with Crippen molar-refractivity contribution in [3.8, 4) is 0 Å². The van der Waals surface area contributed by atoms with Crippen LogP contribution in [0.3, 0.4) is 0 Å². The zero-order valence-corrected chi connectivity index (χ0v) is 23.9. The van der Waals surface area contributed by atoms with Gasteiger partial charge in [-0.15, -0.1) is 0 Å². The molecule has 3 heterocycles. The molecule has 0 spiro atoms. The minimum atomic E-state index is -2.95. The van der Waals surface area contributed by atoms with Crippen molar-refractivity contribution in [2.45, 2.75) is 96.9 Å². The number of alkyl carbamates (subject to hydrolysis) is 1. The highest BCUT2D eigenvalue weighted by molar-refractivity contribution is 5.77. The number of anilines is 2. The van der Waals surface area contributed by atoms with E-state index >= 15 is 0 Å². The molecule has 3 aliphatic rings. The molecule has 4 rings (SSSR count). The van der Waals surface area contributed by atoms with Crippen molar-refractivity contribution in [2.24, 2.45) is 0 Å². The number of nitrogens with one attached hydrogen (secondary N) is 1. The maximum Gasteiger partial charge on any atom is 0.407 e. The number of carbonyl (C=O) groups is 2. The Morgan fingerprint density at radius 2 is 1.92 bits per heavy atom. The molecule has 1 aliphatic carbocycles. The quantitative estimate of drug-likeness (QED) is 0.471. The van der Waals surface area contributed by atoms with E-state index < -0.39 is 17.6 Å². The number of alkyl halides is 2. The summed E-state index contributed by atoms with van der Waals surface area (Å²) in [5.41, 5.74) is -0.223. The highest BCUT2D eigenvalue weighted by Crippen LogP contribution is 2.46. The zero-order chi connectivity index (χ0) is 28.5. The van der Waals surface area contributed by atoms with Gasteiger partial charge in [0, 0.05) is 50.7 Å². The summed E-state index contributed by atoms with van der Waals surface area (Å²) < 4.78 is 40.5. The van der Waals surface area contributed by atoms with Gasteiger partial charge in [0.15, 0.2) is 0 Å². The molecule has 1 aromatic rings. The van der Waals surface area contributed by atoms with Crippen LogP contribution in [0.1, 0.15) is 72.1 Å². The number of rotatable bonds is 10. The van der Waals surface area contributed by atoms with E-state index in [0.29, 0.717) is 37.0 Å². The fourth-order valence-corrected chi connectivity index (χ4v) is 5.13. The van der Waals surface area contributed by atoms with E-state index in [2.05, 4.69) is 10.3 Å². The maximum atomic E-state index is 14.7. The minimum Gasteiger partial charge on any atom is -0.444 e.